The first-order chi connectivity index (χ1) is 13.7. The van der Waals surface area contributed by atoms with E-state index in [1.807, 2.05) is 59.5 Å². The Morgan fingerprint density at radius 2 is 1.93 bits per heavy atom. The average molecular weight is 377 g/mol. The molecule has 6 heteroatoms. The van der Waals surface area contributed by atoms with E-state index in [4.69, 9.17) is 9.15 Å². The predicted octanol–water partition coefficient (Wildman–Crippen LogP) is 4.04. The quantitative estimate of drug-likeness (QED) is 0.648. The van der Waals surface area contributed by atoms with Gasteiger partial charge in [0, 0.05) is 24.9 Å². The maximum atomic E-state index is 12.8. The largest absolute Gasteiger partial charge is 0.497 e. The molecule has 6 nitrogen and oxygen atoms in total. The highest BCUT2D eigenvalue weighted by atomic mass is 16.5. The predicted molar refractivity (Wildman–Crippen MR) is 105 cm³/mol. The molecule has 1 aromatic heterocycles. The number of benzene rings is 2. The first-order valence-corrected chi connectivity index (χ1v) is 9.56. The Morgan fingerprint density at radius 1 is 1.14 bits per heavy atom. The lowest BCUT2D eigenvalue weighted by molar-refractivity contribution is -0.132. The third kappa shape index (κ3) is 3.91. The molecule has 0 aliphatic carbocycles. The summed E-state index contributed by atoms with van der Waals surface area (Å²) >= 11 is 0. The molecule has 2 aromatic carbocycles. The fourth-order valence-corrected chi connectivity index (χ4v) is 3.65. The Morgan fingerprint density at radius 3 is 2.68 bits per heavy atom. The van der Waals surface area contributed by atoms with Gasteiger partial charge in [0.25, 0.3) is 0 Å². The van der Waals surface area contributed by atoms with Gasteiger partial charge in [-0.05, 0) is 42.7 Å². The van der Waals surface area contributed by atoms with Crippen molar-refractivity contribution >= 4 is 5.91 Å². The van der Waals surface area contributed by atoms with E-state index >= 15 is 0 Å². The summed E-state index contributed by atoms with van der Waals surface area (Å²) in [4.78, 5) is 14.8. The smallest absolute Gasteiger partial charge is 0.247 e. The van der Waals surface area contributed by atoms with E-state index in [1.54, 1.807) is 7.11 Å². The number of carbonyl (C=O) groups is 1. The summed E-state index contributed by atoms with van der Waals surface area (Å²) in [7, 11) is 1.65. The number of hydrogen-bond donors (Lipinski definition) is 0. The second-order valence-electron chi connectivity index (χ2n) is 6.89. The van der Waals surface area contributed by atoms with Gasteiger partial charge in [-0.1, -0.05) is 30.3 Å². The van der Waals surface area contributed by atoms with Crippen LogP contribution in [0.25, 0.3) is 11.5 Å². The summed E-state index contributed by atoms with van der Waals surface area (Å²) in [5.41, 5.74) is 2.03. The lowest BCUT2D eigenvalue weighted by atomic mass is 10.0. The van der Waals surface area contributed by atoms with Gasteiger partial charge in [-0.15, -0.1) is 10.2 Å². The molecule has 1 saturated heterocycles. The number of carbonyl (C=O) groups excluding carboxylic acids is 1. The minimum atomic E-state index is 0.123. The minimum absolute atomic E-state index is 0.123. The summed E-state index contributed by atoms with van der Waals surface area (Å²) in [5.74, 6) is 1.93. The van der Waals surface area contributed by atoms with Crippen molar-refractivity contribution in [1.82, 2.24) is 15.1 Å². The molecule has 1 fully saturated rings. The van der Waals surface area contributed by atoms with Crippen molar-refractivity contribution < 1.29 is 13.9 Å². The van der Waals surface area contributed by atoms with Crippen LogP contribution in [0.4, 0.5) is 0 Å². The van der Waals surface area contributed by atoms with Crippen LogP contribution in [0.5, 0.6) is 5.75 Å². The molecule has 0 N–H and O–H groups in total. The van der Waals surface area contributed by atoms with Gasteiger partial charge in [0.2, 0.25) is 17.7 Å². The summed E-state index contributed by atoms with van der Waals surface area (Å²) in [6, 6.07) is 17.7. The zero-order chi connectivity index (χ0) is 19.3. The topological polar surface area (TPSA) is 68.5 Å². The van der Waals surface area contributed by atoms with Crippen molar-refractivity contribution in [3.8, 4) is 17.2 Å². The number of rotatable bonds is 6. The molecular formula is C22H23N3O3. The summed E-state index contributed by atoms with van der Waals surface area (Å²) in [5, 5.41) is 8.17. The SMILES string of the molecule is COc1ccc(C2CCCN2C(=O)CCc2nnc(-c3ccccc3)o2)cc1. The van der Waals surface area contributed by atoms with Crippen LogP contribution in [0.2, 0.25) is 0 Å². The highest BCUT2D eigenvalue weighted by Crippen LogP contribution is 2.33. The van der Waals surface area contributed by atoms with Crippen LogP contribution in [0.15, 0.2) is 59.0 Å². The van der Waals surface area contributed by atoms with Crippen LogP contribution in [-0.2, 0) is 11.2 Å². The molecule has 1 unspecified atom stereocenters. The normalized spacial score (nSPS) is 16.3. The monoisotopic (exact) mass is 377 g/mol. The third-order valence-electron chi connectivity index (χ3n) is 5.11. The Kier molecular flexibility index (Phi) is 5.37. The van der Waals surface area contributed by atoms with Crippen LogP contribution in [0.1, 0.15) is 36.8 Å². The van der Waals surface area contributed by atoms with E-state index in [-0.39, 0.29) is 11.9 Å². The lowest BCUT2D eigenvalue weighted by Gasteiger charge is -2.25. The third-order valence-corrected chi connectivity index (χ3v) is 5.11. The fraction of sp³-hybridized carbons (Fsp3) is 0.318. The van der Waals surface area contributed by atoms with Gasteiger partial charge in [0.05, 0.1) is 13.2 Å². The summed E-state index contributed by atoms with van der Waals surface area (Å²) in [6.45, 7) is 0.786. The van der Waals surface area contributed by atoms with Crippen molar-refractivity contribution in [2.75, 3.05) is 13.7 Å². The number of methoxy groups -OCH3 is 1. The van der Waals surface area contributed by atoms with E-state index < -0.39 is 0 Å². The number of aryl methyl sites for hydroxylation is 1. The van der Waals surface area contributed by atoms with Crippen molar-refractivity contribution in [3.05, 3.63) is 66.1 Å². The van der Waals surface area contributed by atoms with Crippen molar-refractivity contribution in [2.45, 2.75) is 31.7 Å². The standard InChI is InChI=1S/C22H23N3O3/c1-27-18-11-9-16(10-12-18)19-8-5-15-25(19)21(26)14-13-20-23-24-22(28-20)17-6-3-2-4-7-17/h2-4,6-7,9-12,19H,5,8,13-15H2,1H3. The molecule has 1 aliphatic rings. The number of ether oxygens (including phenoxy) is 1. The molecule has 2 heterocycles. The molecule has 0 saturated carbocycles. The maximum Gasteiger partial charge on any atom is 0.247 e. The van der Waals surface area contributed by atoms with E-state index in [9.17, 15) is 4.79 Å². The number of hydrogen-bond acceptors (Lipinski definition) is 5. The number of likely N-dealkylation sites (tertiary alicyclic amines) is 1. The van der Waals surface area contributed by atoms with Crippen LogP contribution < -0.4 is 4.74 Å². The molecule has 144 valence electrons. The molecule has 1 atom stereocenters. The molecule has 1 amide bonds. The fourth-order valence-electron chi connectivity index (χ4n) is 3.65. The lowest BCUT2D eigenvalue weighted by Crippen LogP contribution is -2.30. The van der Waals surface area contributed by atoms with Crippen LogP contribution in [-0.4, -0.2) is 34.7 Å². The molecule has 3 aromatic rings. The van der Waals surface area contributed by atoms with E-state index in [2.05, 4.69) is 10.2 Å². The van der Waals surface area contributed by atoms with Crippen molar-refractivity contribution in [3.63, 3.8) is 0 Å². The molecule has 0 spiro atoms. The number of aromatic nitrogens is 2. The number of nitrogens with zero attached hydrogens (tertiary/aromatic N) is 3. The molecular weight excluding hydrogens is 354 g/mol. The van der Waals surface area contributed by atoms with E-state index in [0.29, 0.717) is 24.6 Å². The van der Waals surface area contributed by atoms with Gasteiger partial charge in [-0.3, -0.25) is 4.79 Å². The molecule has 4 rings (SSSR count). The van der Waals surface area contributed by atoms with Gasteiger partial charge in [-0.25, -0.2) is 0 Å². The van der Waals surface area contributed by atoms with E-state index in [0.717, 1.165) is 36.3 Å². The second kappa shape index (κ2) is 8.25. The molecule has 28 heavy (non-hydrogen) atoms. The first kappa shape index (κ1) is 18.2. The van der Waals surface area contributed by atoms with Crippen LogP contribution in [0, 0.1) is 0 Å². The van der Waals surface area contributed by atoms with Crippen molar-refractivity contribution in [2.24, 2.45) is 0 Å². The molecule has 1 aliphatic heterocycles. The second-order valence-corrected chi connectivity index (χ2v) is 6.89. The molecule has 0 bridgehead atoms. The Labute approximate surface area is 164 Å². The highest BCUT2D eigenvalue weighted by Gasteiger charge is 2.29. The maximum absolute atomic E-state index is 12.8. The van der Waals surface area contributed by atoms with Gasteiger partial charge >= 0.3 is 0 Å². The van der Waals surface area contributed by atoms with Crippen LogP contribution >= 0.6 is 0 Å². The summed E-state index contributed by atoms with van der Waals surface area (Å²) in [6.07, 6.45) is 2.81. The summed E-state index contributed by atoms with van der Waals surface area (Å²) < 4.78 is 10.9. The van der Waals surface area contributed by atoms with Crippen LogP contribution in [0.3, 0.4) is 0 Å². The van der Waals surface area contributed by atoms with Gasteiger partial charge in [0.15, 0.2) is 0 Å². The van der Waals surface area contributed by atoms with Gasteiger partial charge in [0.1, 0.15) is 5.75 Å². The average Bonchev–Trinajstić information content (AvgIpc) is 3.43. The van der Waals surface area contributed by atoms with Crippen molar-refractivity contribution in [1.29, 1.82) is 0 Å². The zero-order valence-electron chi connectivity index (χ0n) is 15.9. The highest BCUT2D eigenvalue weighted by molar-refractivity contribution is 5.77. The van der Waals surface area contributed by atoms with E-state index in [1.165, 1.54) is 0 Å². The Balaban J connectivity index is 1.38. The van der Waals surface area contributed by atoms with Gasteiger partial charge in [-0.2, -0.15) is 0 Å². The first-order valence-electron chi connectivity index (χ1n) is 9.56. The van der Waals surface area contributed by atoms with Gasteiger partial charge < -0.3 is 14.1 Å². The Bertz CT molecular complexity index is 922. The Hall–Kier alpha value is -3.15. The number of amides is 1. The minimum Gasteiger partial charge on any atom is -0.497 e. The molecule has 0 radical (unpaired) electrons. The zero-order valence-corrected chi connectivity index (χ0v) is 15.9.